The van der Waals surface area contributed by atoms with Gasteiger partial charge in [0.05, 0.1) is 11.5 Å². The first-order chi connectivity index (χ1) is 16.8. The second-order valence-electron chi connectivity index (χ2n) is 7.55. The molecule has 0 aliphatic rings. The Kier molecular flexibility index (Phi) is 6.74. The van der Waals surface area contributed by atoms with Gasteiger partial charge in [-0.2, -0.15) is 0 Å². The van der Waals surface area contributed by atoms with E-state index < -0.39 is 21.8 Å². The van der Waals surface area contributed by atoms with Gasteiger partial charge in [-0.25, -0.2) is 8.42 Å². The van der Waals surface area contributed by atoms with Crippen molar-refractivity contribution in [2.45, 2.75) is 18.7 Å². The first-order valence-corrected chi connectivity index (χ1v) is 12.2. The number of aryl methyl sites for hydroxylation is 1. The number of carbonyl (C=O) groups excluding carboxylic acids is 2. The maximum Gasteiger partial charge on any atom is 0.305 e. The Hall–Kier alpha value is -4.31. The van der Waals surface area contributed by atoms with Crippen molar-refractivity contribution in [3.8, 4) is 5.75 Å². The van der Waals surface area contributed by atoms with Gasteiger partial charge < -0.3 is 9.15 Å². The fraction of sp³-hybridized carbons (Fsp3) is 0.120. The second-order valence-corrected chi connectivity index (χ2v) is 9.23. The van der Waals surface area contributed by atoms with Gasteiger partial charge in [0, 0.05) is 22.2 Å². The van der Waals surface area contributed by atoms with Crippen molar-refractivity contribution in [2.75, 3.05) is 11.3 Å². The van der Waals surface area contributed by atoms with E-state index in [-0.39, 0.29) is 16.2 Å². The molecule has 0 aliphatic heterocycles. The normalized spacial score (nSPS) is 11.1. The molecular formula is C25H23N3O6S. The molecule has 0 radical (unpaired) electrons. The minimum atomic E-state index is -3.96. The average Bonchev–Trinajstić information content (AvgIpc) is 3.20. The molecule has 1 heterocycles. The van der Waals surface area contributed by atoms with Crippen molar-refractivity contribution < 1.29 is 27.2 Å². The molecule has 35 heavy (non-hydrogen) atoms. The highest BCUT2D eigenvalue weighted by Gasteiger charge is 2.20. The van der Waals surface area contributed by atoms with Crippen LogP contribution in [0.5, 0.6) is 5.75 Å². The van der Waals surface area contributed by atoms with Gasteiger partial charge in [-0.05, 0) is 62.4 Å². The van der Waals surface area contributed by atoms with E-state index in [4.69, 9.17) is 9.15 Å². The van der Waals surface area contributed by atoms with Crippen LogP contribution in [0.2, 0.25) is 0 Å². The lowest BCUT2D eigenvalue weighted by molar-refractivity contribution is 0.0831. The van der Waals surface area contributed by atoms with Gasteiger partial charge in [0.1, 0.15) is 11.3 Å². The SMILES string of the molecule is CCOc1ccc(NS(=O)(=O)c2cccc(C(=O)NNC(=O)c3oc4ccccc4c3C)c2)cc1. The summed E-state index contributed by atoms with van der Waals surface area (Å²) in [6.07, 6.45) is 0. The van der Waals surface area contributed by atoms with E-state index in [1.54, 1.807) is 43.3 Å². The molecule has 0 atom stereocenters. The van der Waals surface area contributed by atoms with E-state index >= 15 is 0 Å². The summed E-state index contributed by atoms with van der Waals surface area (Å²) < 4.78 is 39.0. The van der Waals surface area contributed by atoms with Crippen LogP contribution in [0.4, 0.5) is 5.69 Å². The number of fused-ring (bicyclic) bond motifs is 1. The lowest BCUT2D eigenvalue weighted by atomic mass is 10.1. The predicted molar refractivity (Wildman–Crippen MR) is 131 cm³/mol. The summed E-state index contributed by atoms with van der Waals surface area (Å²) >= 11 is 0. The molecule has 0 aliphatic carbocycles. The number of para-hydroxylation sites is 1. The van der Waals surface area contributed by atoms with Gasteiger partial charge in [-0.3, -0.25) is 25.2 Å². The number of anilines is 1. The number of amides is 2. The van der Waals surface area contributed by atoms with Crippen LogP contribution >= 0.6 is 0 Å². The van der Waals surface area contributed by atoms with Crippen molar-refractivity contribution in [2.24, 2.45) is 0 Å². The zero-order chi connectivity index (χ0) is 25.0. The molecule has 2 amide bonds. The first kappa shape index (κ1) is 23.8. The monoisotopic (exact) mass is 493 g/mol. The Balaban J connectivity index is 1.44. The third kappa shape index (κ3) is 5.28. The van der Waals surface area contributed by atoms with Crippen LogP contribution in [0.15, 0.2) is 82.1 Å². The summed E-state index contributed by atoms with van der Waals surface area (Å²) in [7, 11) is -3.96. The number of sulfonamides is 1. The van der Waals surface area contributed by atoms with Crippen molar-refractivity contribution in [1.29, 1.82) is 0 Å². The molecule has 0 saturated carbocycles. The molecule has 0 saturated heterocycles. The lowest BCUT2D eigenvalue weighted by Gasteiger charge is -2.11. The third-order valence-corrected chi connectivity index (χ3v) is 6.54. The number of furan rings is 1. The molecule has 3 N–H and O–H groups in total. The van der Waals surface area contributed by atoms with E-state index in [1.807, 2.05) is 19.1 Å². The Labute approximate surface area is 202 Å². The zero-order valence-corrected chi connectivity index (χ0v) is 19.8. The summed E-state index contributed by atoms with van der Waals surface area (Å²) in [6, 6.07) is 19.1. The summed E-state index contributed by atoms with van der Waals surface area (Å²) in [5, 5.41) is 0.793. The van der Waals surface area contributed by atoms with E-state index in [2.05, 4.69) is 15.6 Å². The fourth-order valence-corrected chi connectivity index (χ4v) is 4.54. The lowest BCUT2D eigenvalue weighted by Crippen LogP contribution is -2.41. The van der Waals surface area contributed by atoms with Crippen LogP contribution < -0.4 is 20.3 Å². The number of benzene rings is 3. The van der Waals surface area contributed by atoms with Crippen molar-refractivity contribution in [1.82, 2.24) is 10.9 Å². The number of rotatable bonds is 7. The molecule has 4 rings (SSSR count). The van der Waals surface area contributed by atoms with Crippen LogP contribution in [0.25, 0.3) is 11.0 Å². The van der Waals surface area contributed by atoms with E-state index in [1.165, 1.54) is 24.3 Å². The zero-order valence-electron chi connectivity index (χ0n) is 19.0. The average molecular weight is 494 g/mol. The molecule has 3 aromatic carbocycles. The Morgan fingerprint density at radius 1 is 0.914 bits per heavy atom. The molecular weight excluding hydrogens is 470 g/mol. The highest BCUT2D eigenvalue weighted by Crippen LogP contribution is 2.24. The Morgan fingerprint density at radius 3 is 2.34 bits per heavy atom. The van der Waals surface area contributed by atoms with Crippen LogP contribution in [0.3, 0.4) is 0 Å². The minimum Gasteiger partial charge on any atom is -0.494 e. The molecule has 4 aromatic rings. The highest BCUT2D eigenvalue weighted by molar-refractivity contribution is 7.92. The second kappa shape index (κ2) is 9.90. The van der Waals surface area contributed by atoms with Gasteiger partial charge in [0.25, 0.3) is 15.9 Å². The topological polar surface area (TPSA) is 127 Å². The van der Waals surface area contributed by atoms with E-state index in [0.29, 0.717) is 29.2 Å². The van der Waals surface area contributed by atoms with Crippen molar-refractivity contribution in [3.05, 3.63) is 89.7 Å². The van der Waals surface area contributed by atoms with Gasteiger partial charge in [-0.1, -0.05) is 24.3 Å². The van der Waals surface area contributed by atoms with Crippen molar-refractivity contribution >= 4 is 38.5 Å². The quantitative estimate of drug-likeness (QED) is 0.334. The molecule has 180 valence electrons. The largest absolute Gasteiger partial charge is 0.494 e. The summed E-state index contributed by atoms with van der Waals surface area (Å²) in [5.41, 5.74) is 6.17. The standard InChI is InChI=1S/C25H23N3O6S/c1-3-33-19-13-11-18(12-14-19)28-35(31,32)20-8-6-7-17(15-20)24(29)26-27-25(30)23-16(2)21-9-4-5-10-22(21)34-23/h4-15,28H,3H2,1-2H3,(H,26,29)(H,27,30). The molecule has 0 spiro atoms. The third-order valence-electron chi connectivity index (χ3n) is 5.16. The van der Waals surface area contributed by atoms with Crippen molar-refractivity contribution in [3.63, 3.8) is 0 Å². The molecule has 1 aromatic heterocycles. The van der Waals surface area contributed by atoms with Crippen LogP contribution in [0.1, 0.15) is 33.4 Å². The number of hydrogen-bond donors (Lipinski definition) is 3. The number of hydrogen-bond acceptors (Lipinski definition) is 6. The number of nitrogens with one attached hydrogen (secondary N) is 3. The molecule has 9 nitrogen and oxygen atoms in total. The molecule has 0 fully saturated rings. The van der Waals surface area contributed by atoms with Crippen LogP contribution in [0, 0.1) is 6.92 Å². The Bertz CT molecular complexity index is 1490. The van der Waals surface area contributed by atoms with E-state index in [0.717, 1.165) is 5.39 Å². The number of hydrazine groups is 1. The number of ether oxygens (including phenoxy) is 1. The van der Waals surface area contributed by atoms with Gasteiger partial charge in [-0.15, -0.1) is 0 Å². The van der Waals surface area contributed by atoms with E-state index in [9.17, 15) is 18.0 Å². The number of carbonyl (C=O) groups is 2. The van der Waals surface area contributed by atoms with Gasteiger partial charge >= 0.3 is 5.91 Å². The van der Waals surface area contributed by atoms with Crippen LogP contribution in [-0.4, -0.2) is 26.8 Å². The molecule has 0 unspecified atom stereocenters. The van der Waals surface area contributed by atoms with Crippen LogP contribution in [-0.2, 0) is 10.0 Å². The molecule has 0 bridgehead atoms. The highest BCUT2D eigenvalue weighted by atomic mass is 32.2. The molecule has 10 heteroatoms. The van der Waals surface area contributed by atoms with Gasteiger partial charge in [0.15, 0.2) is 5.76 Å². The minimum absolute atomic E-state index is 0.0428. The Morgan fingerprint density at radius 2 is 1.63 bits per heavy atom. The summed E-state index contributed by atoms with van der Waals surface area (Å²) in [6.45, 7) is 4.09. The fourth-order valence-electron chi connectivity index (χ4n) is 3.44. The van der Waals surface area contributed by atoms with Gasteiger partial charge in [0.2, 0.25) is 0 Å². The maximum atomic E-state index is 12.8. The summed E-state index contributed by atoms with van der Waals surface area (Å²) in [4.78, 5) is 25.0. The summed E-state index contributed by atoms with van der Waals surface area (Å²) in [5.74, 6) is -0.630. The predicted octanol–water partition coefficient (Wildman–Crippen LogP) is 4.02. The first-order valence-electron chi connectivity index (χ1n) is 10.7. The maximum absolute atomic E-state index is 12.8. The smallest absolute Gasteiger partial charge is 0.305 e.